The highest BCUT2D eigenvalue weighted by molar-refractivity contribution is 7.98. The highest BCUT2D eigenvalue weighted by Gasteiger charge is 2.02. The average Bonchev–Trinajstić information content (AvgIpc) is 2.41. The first-order valence-corrected chi connectivity index (χ1v) is 7.43. The second-order valence-corrected chi connectivity index (χ2v) is 5.40. The Bertz CT molecular complexity index is 523. The van der Waals surface area contributed by atoms with Gasteiger partial charge >= 0.3 is 0 Å². The molecular weight excluding hydrogens is 262 g/mol. The van der Waals surface area contributed by atoms with Gasteiger partial charge in [0.25, 0.3) is 0 Å². The number of anilines is 1. The number of benzene rings is 2. The number of rotatable bonds is 4. The summed E-state index contributed by atoms with van der Waals surface area (Å²) in [6.07, 6.45) is 2.08. The summed E-state index contributed by atoms with van der Waals surface area (Å²) in [5.41, 5.74) is 3.34. The third-order valence-corrected chi connectivity index (χ3v) is 4.08. The molecule has 0 aliphatic heterocycles. The molecule has 0 spiro atoms. The van der Waals surface area contributed by atoms with Gasteiger partial charge in [0.05, 0.1) is 10.7 Å². The number of nitrogens with one attached hydrogen (secondary N) is 1. The average molecular weight is 278 g/mol. The maximum Gasteiger partial charge on any atom is 0.0666 e. The van der Waals surface area contributed by atoms with Crippen molar-refractivity contribution in [3.63, 3.8) is 0 Å². The summed E-state index contributed by atoms with van der Waals surface area (Å²) in [5, 5.41) is 4.17. The molecule has 0 radical (unpaired) electrons. The summed E-state index contributed by atoms with van der Waals surface area (Å²) in [7, 11) is 0. The third kappa shape index (κ3) is 3.21. The molecule has 18 heavy (non-hydrogen) atoms. The Labute approximate surface area is 118 Å². The van der Waals surface area contributed by atoms with Crippen LogP contribution in [0.1, 0.15) is 11.1 Å². The molecule has 0 atom stereocenters. The van der Waals surface area contributed by atoms with Crippen molar-refractivity contribution in [2.24, 2.45) is 0 Å². The van der Waals surface area contributed by atoms with Crippen molar-refractivity contribution in [1.82, 2.24) is 0 Å². The van der Waals surface area contributed by atoms with Crippen LogP contribution in [-0.2, 0) is 6.54 Å². The van der Waals surface area contributed by atoms with Crippen LogP contribution in [-0.4, -0.2) is 6.26 Å². The Morgan fingerprint density at radius 3 is 2.50 bits per heavy atom. The Morgan fingerprint density at radius 2 is 1.83 bits per heavy atom. The number of hydrogen-bond acceptors (Lipinski definition) is 2. The zero-order chi connectivity index (χ0) is 13.0. The van der Waals surface area contributed by atoms with Gasteiger partial charge in [-0.2, -0.15) is 0 Å². The van der Waals surface area contributed by atoms with E-state index in [0.717, 1.165) is 22.8 Å². The molecule has 0 heterocycles. The van der Waals surface area contributed by atoms with Crippen LogP contribution in [0.3, 0.4) is 0 Å². The van der Waals surface area contributed by atoms with Gasteiger partial charge in [-0.3, -0.25) is 0 Å². The molecule has 2 aromatic carbocycles. The summed E-state index contributed by atoms with van der Waals surface area (Å²) in [4.78, 5) is 1.28. The maximum absolute atomic E-state index is 6.24. The van der Waals surface area contributed by atoms with E-state index in [2.05, 4.69) is 35.8 Å². The summed E-state index contributed by atoms with van der Waals surface area (Å²) in [6.45, 7) is 2.80. The van der Waals surface area contributed by atoms with Crippen molar-refractivity contribution in [1.29, 1.82) is 0 Å². The zero-order valence-corrected chi connectivity index (χ0v) is 12.1. The van der Waals surface area contributed by atoms with Crippen LogP contribution in [0.4, 0.5) is 5.69 Å². The lowest BCUT2D eigenvalue weighted by atomic mass is 10.2. The van der Waals surface area contributed by atoms with Gasteiger partial charge in [-0.25, -0.2) is 0 Å². The Kier molecular flexibility index (Phi) is 4.56. The van der Waals surface area contributed by atoms with E-state index in [4.69, 9.17) is 11.6 Å². The van der Waals surface area contributed by atoms with Crippen molar-refractivity contribution < 1.29 is 0 Å². The summed E-state index contributed by atoms with van der Waals surface area (Å²) in [6, 6.07) is 14.6. The first-order valence-electron chi connectivity index (χ1n) is 5.82. The summed E-state index contributed by atoms with van der Waals surface area (Å²) < 4.78 is 0. The second-order valence-electron chi connectivity index (χ2n) is 4.14. The van der Waals surface area contributed by atoms with Crippen molar-refractivity contribution in [3.8, 4) is 0 Å². The van der Waals surface area contributed by atoms with Gasteiger partial charge in [0, 0.05) is 11.4 Å². The largest absolute Gasteiger partial charge is 0.380 e. The van der Waals surface area contributed by atoms with E-state index in [9.17, 15) is 0 Å². The molecule has 3 heteroatoms. The molecule has 0 saturated carbocycles. The first-order chi connectivity index (χ1) is 8.70. The lowest BCUT2D eigenvalue weighted by Crippen LogP contribution is -2.00. The molecule has 2 aromatic rings. The molecule has 0 aromatic heterocycles. The van der Waals surface area contributed by atoms with E-state index in [0.29, 0.717) is 0 Å². The molecule has 0 amide bonds. The van der Waals surface area contributed by atoms with Crippen LogP contribution in [0.2, 0.25) is 5.02 Å². The van der Waals surface area contributed by atoms with Gasteiger partial charge in [0.2, 0.25) is 0 Å². The molecular formula is C15H16ClNS. The molecule has 2 rings (SSSR count). The molecule has 0 saturated heterocycles. The van der Waals surface area contributed by atoms with E-state index in [-0.39, 0.29) is 0 Å². The first kappa shape index (κ1) is 13.3. The quantitative estimate of drug-likeness (QED) is 0.791. The van der Waals surface area contributed by atoms with Gasteiger partial charge in [0.15, 0.2) is 0 Å². The van der Waals surface area contributed by atoms with Crippen LogP contribution in [0.5, 0.6) is 0 Å². The molecule has 1 nitrogen and oxygen atoms in total. The predicted octanol–water partition coefficient (Wildman–Crippen LogP) is 4.98. The monoisotopic (exact) mass is 277 g/mol. The Hall–Kier alpha value is -1.12. The number of hydrogen-bond donors (Lipinski definition) is 1. The van der Waals surface area contributed by atoms with Crippen LogP contribution in [0.25, 0.3) is 0 Å². The van der Waals surface area contributed by atoms with Gasteiger partial charge in [-0.05, 0) is 42.5 Å². The van der Waals surface area contributed by atoms with Gasteiger partial charge < -0.3 is 5.32 Å². The van der Waals surface area contributed by atoms with Gasteiger partial charge in [-0.15, -0.1) is 11.8 Å². The highest BCUT2D eigenvalue weighted by atomic mass is 35.5. The minimum Gasteiger partial charge on any atom is -0.380 e. The fraction of sp³-hybridized carbons (Fsp3) is 0.200. The van der Waals surface area contributed by atoms with E-state index >= 15 is 0 Å². The molecule has 0 fully saturated rings. The fourth-order valence-corrected chi connectivity index (χ4v) is 2.33. The van der Waals surface area contributed by atoms with Crippen molar-refractivity contribution in [3.05, 3.63) is 58.6 Å². The summed E-state index contributed by atoms with van der Waals surface area (Å²) in [5.74, 6) is 0. The topological polar surface area (TPSA) is 12.0 Å². The lowest BCUT2D eigenvalue weighted by Gasteiger charge is -2.10. The number of halogens is 1. The van der Waals surface area contributed by atoms with Crippen LogP contribution in [0.15, 0.2) is 47.4 Å². The lowest BCUT2D eigenvalue weighted by molar-refractivity contribution is 1.14. The standard InChI is InChI=1S/C15H16ClNS/c1-11-4-3-5-14(15(11)16)17-10-12-6-8-13(18-2)9-7-12/h3-9,17H,10H2,1-2H3. The molecule has 94 valence electrons. The van der Waals surface area contributed by atoms with Crippen molar-refractivity contribution in [2.45, 2.75) is 18.4 Å². The van der Waals surface area contributed by atoms with Crippen molar-refractivity contribution >= 4 is 29.1 Å². The fourth-order valence-electron chi connectivity index (χ4n) is 1.72. The van der Waals surface area contributed by atoms with Crippen LogP contribution < -0.4 is 5.32 Å². The summed E-state index contributed by atoms with van der Waals surface area (Å²) >= 11 is 8.00. The van der Waals surface area contributed by atoms with E-state index in [1.807, 2.05) is 25.1 Å². The molecule has 0 aliphatic carbocycles. The van der Waals surface area contributed by atoms with E-state index in [1.54, 1.807) is 11.8 Å². The van der Waals surface area contributed by atoms with E-state index in [1.165, 1.54) is 10.5 Å². The third-order valence-electron chi connectivity index (χ3n) is 2.83. The second kappa shape index (κ2) is 6.17. The SMILES string of the molecule is CSc1ccc(CNc2cccc(C)c2Cl)cc1. The van der Waals surface area contributed by atoms with Crippen LogP contribution >= 0.6 is 23.4 Å². The normalized spacial score (nSPS) is 10.4. The maximum atomic E-state index is 6.24. The Balaban J connectivity index is 2.04. The van der Waals surface area contributed by atoms with E-state index < -0.39 is 0 Å². The Morgan fingerprint density at radius 1 is 1.11 bits per heavy atom. The van der Waals surface area contributed by atoms with Gasteiger partial charge in [-0.1, -0.05) is 35.9 Å². The van der Waals surface area contributed by atoms with Crippen molar-refractivity contribution in [2.75, 3.05) is 11.6 Å². The molecule has 0 aliphatic rings. The minimum atomic E-state index is 0.790. The van der Waals surface area contributed by atoms with Gasteiger partial charge in [0.1, 0.15) is 0 Å². The number of thioether (sulfide) groups is 1. The number of aryl methyl sites for hydroxylation is 1. The smallest absolute Gasteiger partial charge is 0.0666 e. The highest BCUT2D eigenvalue weighted by Crippen LogP contribution is 2.25. The molecule has 0 unspecified atom stereocenters. The molecule has 0 bridgehead atoms. The van der Waals surface area contributed by atoms with Crippen LogP contribution in [0, 0.1) is 6.92 Å². The minimum absolute atomic E-state index is 0.790. The predicted molar refractivity (Wildman–Crippen MR) is 81.7 cm³/mol. The molecule has 1 N–H and O–H groups in total. The zero-order valence-electron chi connectivity index (χ0n) is 10.5.